The number of amides is 1. The number of sulfonamides is 1. The van der Waals surface area contributed by atoms with Gasteiger partial charge in [-0.1, -0.05) is 6.92 Å². The lowest BCUT2D eigenvalue weighted by molar-refractivity contribution is 0.0930. The molecule has 0 radical (unpaired) electrons. The fourth-order valence-corrected chi connectivity index (χ4v) is 3.03. The lowest BCUT2D eigenvalue weighted by atomic mass is 10.1. The molecule has 1 atom stereocenters. The first-order valence-electron chi connectivity index (χ1n) is 7.72. The second kappa shape index (κ2) is 6.81. The molecular formula is C16H16FN5O3S. The summed E-state index contributed by atoms with van der Waals surface area (Å²) in [6, 6.07) is 4.06. The Kier molecular flexibility index (Phi) is 4.70. The molecule has 1 unspecified atom stereocenters. The van der Waals surface area contributed by atoms with Gasteiger partial charge in [-0.3, -0.25) is 9.20 Å². The number of aromatic nitrogens is 3. The average molecular weight is 377 g/mol. The highest BCUT2D eigenvalue weighted by atomic mass is 32.2. The fourth-order valence-electron chi connectivity index (χ4n) is 2.49. The molecule has 1 amide bonds. The number of halogens is 1. The van der Waals surface area contributed by atoms with Gasteiger partial charge < -0.3 is 5.32 Å². The first-order chi connectivity index (χ1) is 12.3. The Labute approximate surface area is 148 Å². The maximum Gasteiger partial charge on any atom is 0.254 e. The van der Waals surface area contributed by atoms with Gasteiger partial charge in [0.15, 0.2) is 0 Å². The molecule has 3 aromatic rings. The van der Waals surface area contributed by atoms with E-state index in [1.165, 1.54) is 0 Å². The molecule has 2 heterocycles. The average Bonchev–Trinajstić information content (AvgIpc) is 3.02. The van der Waals surface area contributed by atoms with Crippen LogP contribution in [0, 0.1) is 5.82 Å². The van der Waals surface area contributed by atoms with Crippen molar-refractivity contribution in [1.82, 2.24) is 19.7 Å². The van der Waals surface area contributed by atoms with Gasteiger partial charge in [-0.05, 0) is 30.7 Å². The summed E-state index contributed by atoms with van der Waals surface area (Å²) >= 11 is 0. The van der Waals surface area contributed by atoms with Gasteiger partial charge >= 0.3 is 0 Å². The lowest BCUT2D eigenvalue weighted by Gasteiger charge is -2.15. The number of nitrogens with two attached hydrogens (primary N) is 1. The van der Waals surface area contributed by atoms with Crippen LogP contribution in [-0.2, 0) is 10.0 Å². The lowest BCUT2D eigenvalue weighted by Crippen LogP contribution is -2.29. The van der Waals surface area contributed by atoms with Crippen molar-refractivity contribution in [2.75, 3.05) is 0 Å². The highest BCUT2D eigenvalue weighted by Gasteiger charge is 2.21. The third-order valence-electron chi connectivity index (χ3n) is 3.84. The van der Waals surface area contributed by atoms with Gasteiger partial charge in [0, 0.05) is 18.6 Å². The standard InChI is InChI=1S/C16H16FN5O3S/c1-2-13(14-9-22-7-3-6-19-16(22)21-14)20-15(23)11-8-10(26(18,24)25)4-5-12(11)17/h3-9,13H,2H2,1H3,(H,20,23)(H2,18,24,25). The maximum absolute atomic E-state index is 14.0. The molecule has 3 N–H and O–H groups in total. The molecular weight excluding hydrogens is 361 g/mol. The zero-order valence-corrected chi connectivity index (χ0v) is 14.6. The van der Waals surface area contributed by atoms with E-state index in [9.17, 15) is 17.6 Å². The molecule has 136 valence electrons. The van der Waals surface area contributed by atoms with Crippen LogP contribution < -0.4 is 10.5 Å². The normalized spacial score (nSPS) is 12.9. The van der Waals surface area contributed by atoms with Gasteiger partial charge in [-0.2, -0.15) is 0 Å². The zero-order valence-electron chi connectivity index (χ0n) is 13.8. The third-order valence-corrected chi connectivity index (χ3v) is 4.75. The molecule has 0 saturated heterocycles. The molecule has 10 heteroatoms. The van der Waals surface area contributed by atoms with E-state index in [1.54, 1.807) is 29.1 Å². The summed E-state index contributed by atoms with van der Waals surface area (Å²) < 4.78 is 38.6. The predicted octanol–water partition coefficient (Wildman–Crippen LogP) is 1.40. The zero-order chi connectivity index (χ0) is 18.9. The molecule has 0 fully saturated rings. The van der Waals surface area contributed by atoms with Crippen LogP contribution >= 0.6 is 0 Å². The highest BCUT2D eigenvalue weighted by molar-refractivity contribution is 7.89. The van der Waals surface area contributed by atoms with Crippen LogP contribution in [0.4, 0.5) is 4.39 Å². The quantitative estimate of drug-likeness (QED) is 0.696. The Morgan fingerprint density at radius 1 is 1.42 bits per heavy atom. The Morgan fingerprint density at radius 2 is 2.19 bits per heavy atom. The van der Waals surface area contributed by atoms with E-state index in [2.05, 4.69) is 15.3 Å². The topological polar surface area (TPSA) is 119 Å². The van der Waals surface area contributed by atoms with Crippen molar-refractivity contribution in [3.8, 4) is 0 Å². The first-order valence-corrected chi connectivity index (χ1v) is 9.27. The van der Waals surface area contributed by atoms with Gasteiger partial charge in [0.1, 0.15) is 5.82 Å². The van der Waals surface area contributed by atoms with E-state index in [0.29, 0.717) is 17.9 Å². The number of rotatable bonds is 5. The number of carbonyl (C=O) groups is 1. The summed E-state index contributed by atoms with van der Waals surface area (Å²) in [6.45, 7) is 1.83. The second-order valence-electron chi connectivity index (χ2n) is 5.61. The number of benzene rings is 1. The molecule has 1 aromatic carbocycles. The number of nitrogens with zero attached hydrogens (tertiary/aromatic N) is 3. The summed E-state index contributed by atoms with van der Waals surface area (Å²) in [5.41, 5.74) is 0.152. The fraction of sp³-hybridized carbons (Fsp3) is 0.188. The summed E-state index contributed by atoms with van der Waals surface area (Å²) in [4.78, 5) is 20.6. The van der Waals surface area contributed by atoms with Crippen LogP contribution in [0.1, 0.15) is 35.4 Å². The van der Waals surface area contributed by atoms with Crippen LogP contribution in [0.3, 0.4) is 0 Å². The van der Waals surface area contributed by atoms with E-state index in [0.717, 1.165) is 18.2 Å². The number of hydrogen-bond donors (Lipinski definition) is 2. The minimum Gasteiger partial charge on any atom is -0.344 e. The molecule has 0 aliphatic carbocycles. The first kappa shape index (κ1) is 18.0. The number of nitrogens with one attached hydrogen (secondary N) is 1. The number of imidazole rings is 1. The van der Waals surface area contributed by atoms with E-state index in [-0.39, 0.29) is 4.90 Å². The minimum absolute atomic E-state index is 0.339. The number of fused-ring (bicyclic) bond motifs is 1. The van der Waals surface area contributed by atoms with Crippen LogP contribution in [0.5, 0.6) is 0 Å². The van der Waals surface area contributed by atoms with Gasteiger partial charge in [0.05, 0.1) is 22.2 Å². The van der Waals surface area contributed by atoms with Crippen LogP contribution in [0.15, 0.2) is 47.8 Å². The number of carbonyl (C=O) groups excluding carboxylic acids is 1. The maximum atomic E-state index is 14.0. The van der Waals surface area contributed by atoms with Gasteiger partial charge in [-0.25, -0.2) is 27.9 Å². The molecule has 26 heavy (non-hydrogen) atoms. The SMILES string of the molecule is CCC(NC(=O)c1cc(S(N)(=O)=O)ccc1F)c1cn2cccnc2n1. The smallest absolute Gasteiger partial charge is 0.254 e. The van der Waals surface area contributed by atoms with E-state index < -0.39 is 33.4 Å². The highest BCUT2D eigenvalue weighted by Crippen LogP contribution is 2.19. The minimum atomic E-state index is -4.05. The van der Waals surface area contributed by atoms with Crippen LogP contribution in [-0.4, -0.2) is 28.7 Å². The summed E-state index contributed by atoms with van der Waals surface area (Å²) in [5, 5.41) is 7.70. The molecule has 0 bridgehead atoms. The molecule has 0 saturated carbocycles. The van der Waals surface area contributed by atoms with Crippen molar-refractivity contribution in [3.05, 3.63) is 59.9 Å². The van der Waals surface area contributed by atoms with Crippen LogP contribution in [0.25, 0.3) is 5.78 Å². The van der Waals surface area contributed by atoms with Crippen molar-refractivity contribution in [2.45, 2.75) is 24.3 Å². The Morgan fingerprint density at radius 3 is 2.85 bits per heavy atom. The van der Waals surface area contributed by atoms with Gasteiger partial charge in [0.2, 0.25) is 15.8 Å². The van der Waals surface area contributed by atoms with E-state index in [1.807, 2.05) is 6.92 Å². The molecule has 0 spiro atoms. The van der Waals surface area contributed by atoms with Crippen molar-refractivity contribution >= 4 is 21.7 Å². The largest absolute Gasteiger partial charge is 0.344 e. The van der Waals surface area contributed by atoms with Gasteiger partial charge in [0.25, 0.3) is 5.91 Å². The van der Waals surface area contributed by atoms with Crippen molar-refractivity contribution in [3.63, 3.8) is 0 Å². The van der Waals surface area contributed by atoms with Gasteiger partial charge in [-0.15, -0.1) is 0 Å². The monoisotopic (exact) mass is 377 g/mol. The third kappa shape index (κ3) is 3.55. The Hall–Kier alpha value is -2.85. The Balaban J connectivity index is 1.90. The predicted molar refractivity (Wildman–Crippen MR) is 91.3 cm³/mol. The summed E-state index contributed by atoms with van der Waals surface area (Å²) in [6.07, 6.45) is 5.57. The van der Waals surface area contributed by atoms with E-state index in [4.69, 9.17) is 5.14 Å². The number of hydrogen-bond acceptors (Lipinski definition) is 5. The van der Waals surface area contributed by atoms with Crippen molar-refractivity contribution < 1.29 is 17.6 Å². The van der Waals surface area contributed by atoms with E-state index >= 15 is 0 Å². The molecule has 8 nitrogen and oxygen atoms in total. The number of primary sulfonamides is 1. The second-order valence-corrected chi connectivity index (χ2v) is 7.18. The summed E-state index contributed by atoms with van der Waals surface area (Å²) in [7, 11) is -4.05. The summed E-state index contributed by atoms with van der Waals surface area (Å²) in [5.74, 6) is -1.14. The molecule has 3 rings (SSSR count). The molecule has 0 aliphatic rings. The van der Waals surface area contributed by atoms with Crippen molar-refractivity contribution in [2.24, 2.45) is 5.14 Å². The van der Waals surface area contributed by atoms with Crippen molar-refractivity contribution in [1.29, 1.82) is 0 Å². The molecule has 2 aromatic heterocycles. The van der Waals surface area contributed by atoms with Crippen LogP contribution in [0.2, 0.25) is 0 Å². The molecule has 0 aliphatic heterocycles. The Bertz CT molecular complexity index is 1050.